The maximum Gasteiger partial charge on any atom is 0.343 e. The number of carbonyl (C=O) groups is 1. The first-order valence-electron chi connectivity index (χ1n) is 7.42. The largest absolute Gasteiger partial charge is 0.493 e. The topological polar surface area (TPSA) is 83.3 Å². The Labute approximate surface area is 137 Å². The molecule has 122 valence electrons. The van der Waals surface area contributed by atoms with Crippen molar-refractivity contribution < 1.29 is 14.3 Å². The number of carbonyl (C=O) groups excluding carboxylic acids is 1. The molecule has 3 aromatic rings. The Bertz CT molecular complexity index is 936. The Morgan fingerprint density at radius 2 is 1.88 bits per heavy atom. The number of benzene rings is 2. The molecule has 7 heteroatoms. The van der Waals surface area contributed by atoms with Crippen LogP contribution >= 0.6 is 0 Å². The number of esters is 1. The van der Waals surface area contributed by atoms with Crippen LogP contribution in [0.15, 0.2) is 53.3 Å². The summed E-state index contributed by atoms with van der Waals surface area (Å²) >= 11 is 0. The summed E-state index contributed by atoms with van der Waals surface area (Å²) in [5.74, 6) is -0.164. The van der Waals surface area contributed by atoms with Crippen molar-refractivity contribution in [2.24, 2.45) is 0 Å². The molecule has 24 heavy (non-hydrogen) atoms. The summed E-state index contributed by atoms with van der Waals surface area (Å²) in [6.07, 6.45) is 0. The first-order chi connectivity index (χ1) is 11.7. The lowest BCUT2D eigenvalue weighted by Gasteiger charge is -2.10. The molecule has 2 aromatic carbocycles. The Hall–Kier alpha value is -3.22. The van der Waals surface area contributed by atoms with Gasteiger partial charge < -0.3 is 9.47 Å². The molecule has 3 rings (SSSR count). The van der Waals surface area contributed by atoms with E-state index in [2.05, 4.69) is 10.3 Å². The maximum atomic E-state index is 12.3. The van der Waals surface area contributed by atoms with Crippen molar-refractivity contribution >= 4 is 16.9 Å². The van der Waals surface area contributed by atoms with Crippen LogP contribution in [-0.2, 0) is 11.5 Å². The molecule has 0 amide bonds. The fourth-order valence-electron chi connectivity index (χ4n) is 2.22. The van der Waals surface area contributed by atoms with Crippen molar-refractivity contribution in [1.82, 2.24) is 15.0 Å². The summed E-state index contributed by atoms with van der Waals surface area (Å²) in [7, 11) is 0. The van der Waals surface area contributed by atoms with E-state index in [1.807, 2.05) is 6.92 Å². The summed E-state index contributed by atoms with van der Waals surface area (Å²) in [4.78, 5) is 24.5. The Morgan fingerprint density at radius 1 is 1.12 bits per heavy atom. The molecular weight excluding hydrogens is 310 g/mol. The number of ether oxygens (including phenoxy) is 2. The predicted molar refractivity (Wildman–Crippen MR) is 86.8 cm³/mol. The van der Waals surface area contributed by atoms with Crippen LogP contribution in [0.2, 0.25) is 0 Å². The first-order valence-corrected chi connectivity index (χ1v) is 7.42. The van der Waals surface area contributed by atoms with E-state index >= 15 is 0 Å². The van der Waals surface area contributed by atoms with Gasteiger partial charge in [0.2, 0.25) is 0 Å². The number of para-hydroxylation sites is 1. The van der Waals surface area contributed by atoms with Crippen LogP contribution < -0.4 is 10.3 Å². The van der Waals surface area contributed by atoms with Crippen molar-refractivity contribution in [2.45, 2.75) is 13.7 Å². The molecule has 0 atom stereocenters. The van der Waals surface area contributed by atoms with E-state index in [0.717, 1.165) is 4.68 Å². The van der Waals surface area contributed by atoms with Crippen molar-refractivity contribution in [1.29, 1.82) is 0 Å². The Kier molecular flexibility index (Phi) is 4.51. The van der Waals surface area contributed by atoms with Gasteiger partial charge in [0.05, 0.1) is 12.0 Å². The third kappa shape index (κ3) is 3.10. The summed E-state index contributed by atoms with van der Waals surface area (Å²) in [6, 6.07) is 13.6. The molecule has 0 radical (unpaired) electrons. The second-order valence-corrected chi connectivity index (χ2v) is 4.90. The molecule has 7 nitrogen and oxygen atoms in total. The summed E-state index contributed by atoms with van der Waals surface area (Å²) in [6.45, 7) is 1.93. The van der Waals surface area contributed by atoms with Gasteiger partial charge in [-0.15, -0.1) is 5.10 Å². The third-order valence-electron chi connectivity index (χ3n) is 3.35. The number of fused-ring (bicyclic) bond motifs is 1. The molecule has 0 saturated carbocycles. The van der Waals surface area contributed by atoms with Crippen LogP contribution in [0.1, 0.15) is 17.3 Å². The summed E-state index contributed by atoms with van der Waals surface area (Å²) in [5, 5.41) is 8.13. The van der Waals surface area contributed by atoms with E-state index in [-0.39, 0.29) is 12.3 Å². The van der Waals surface area contributed by atoms with E-state index < -0.39 is 5.97 Å². The van der Waals surface area contributed by atoms with Gasteiger partial charge in [0.1, 0.15) is 16.8 Å². The van der Waals surface area contributed by atoms with Gasteiger partial charge in [-0.2, -0.15) is 4.68 Å². The number of hydrogen-bond acceptors (Lipinski definition) is 6. The van der Waals surface area contributed by atoms with Crippen molar-refractivity contribution in [3.63, 3.8) is 0 Å². The second-order valence-electron chi connectivity index (χ2n) is 4.90. The highest BCUT2D eigenvalue weighted by atomic mass is 16.5. The fourth-order valence-corrected chi connectivity index (χ4v) is 2.22. The Balaban J connectivity index is 1.80. The van der Waals surface area contributed by atoms with Gasteiger partial charge in [0, 0.05) is 0 Å². The highest BCUT2D eigenvalue weighted by Gasteiger charge is 2.14. The fraction of sp³-hybridized carbons (Fsp3) is 0.176. The highest BCUT2D eigenvalue weighted by molar-refractivity contribution is 5.92. The van der Waals surface area contributed by atoms with Crippen LogP contribution in [0.4, 0.5) is 0 Å². The lowest BCUT2D eigenvalue weighted by atomic mass is 10.2. The molecule has 0 unspecified atom stereocenters. The monoisotopic (exact) mass is 325 g/mol. The number of rotatable bonds is 5. The zero-order valence-corrected chi connectivity index (χ0v) is 13.0. The second kappa shape index (κ2) is 6.91. The van der Waals surface area contributed by atoms with Gasteiger partial charge in [-0.1, -0.05) is 29.5 Å². The molecule has 0 fully saturated rings. The zero-order valence-electron chi connectivity index (χ0n) is 13.0. The van der Waals surface area contributed by atoms with Crippen molar-refractivity contribution in [2.75, 3.05) is 6.61 Å². The molecule has 0 bridgehead atoms. The standard InChI is InChI=1S/C17H15N3O4/c1-2-23-15-10-6-4-8-13(15)17(22)24-11-20-16(21)12-7-3-5-9-14(12)18-19-20/h3-10H,2,11H2,1H3. The lowest BCUT2D eigenvalue weighted by Crippen LogP contribution is -2.26. The van der Waals surface area contributed by atoms with Gasteiger partial charge in [0.25, 0.3) is 5.56 Å². The molecule has 0 spiro atoms. The van der Waals surface area contributed by atoms with Gasteiger partial charge in [-0.3, -0.25) is 4.79 Å². The van der Waals surface area contributed by atoms with E-state index in [9.17, 15) is 9.59 Å². The van der Waals surface area contributed by atoms with Crippen molar-refractivity contribution in [3.05, 3.63) is 64.4 Å². The molecule has 1 aromatic heterocycles. The molecule has 0 aliphatic carbocycles. The minimum Gasteiger partial charge on any atom is -0.493 e. The number of hydrogen-bond donors (Lipinski definition) is 0. The van der Waals surface area contributed by atoms with Crippen molar-refractivity contribution in [3.8, 4) is 5.75 Å². The van der Waals surface area contributed by atoms with Gasteiger partial charge in [-0.05, 0) is 31.2 Å². The average molecular weight is 325 g/mol. The number of nitrogens with zero attached hydrogens (tertiary/aromatic N) is 3. The van der Waals surface area contributed by atoms with Gasteiger partial charge in [0.15, 0.2) is 6.73 Å². The van der Waals surface area contributed by atoms with E-state index in [0.29, 0.717) is 28.8 Å². The van der Waals surface area contributed by atoms with E-state index in [1.165, 1.54) is 0 Å². The quantitative estimate of drug-likeness (QED) is 0.667. The normalized spacial score (nSPS) is 10.5. The Morgan fingerprint density at radius 3 is 2.71 bits per heavy atom. The molecule has 0 saturated heterocycles. The van der Waals surface area contributed by atoms with Gasteiger partial charge >= 0.3 is 5.97 Å². The average Bonchev–Trinajstić information content (AvgIpc) is 2.62. The van der Waals surface area contributed by atoms with Gasteiger partial charge in [-0.25, -0.2) is 4.79 Å². The van der Waals surface area contributed by atoms with E-state index in [1.54, 1.807) is 48.5 Å². The zero-order chi connectivity index (χ0) is 16.9. The molecular formula is C17H15N3O4. The predicted octanol–water partition coefficient (Wildman–Crippen LogP) is 2.00. The third-order valence-corrected chi connectivity index (χ3v) is 3.35. The smallest absolute Gasteiger partial charge is 0.343 e. The molecule has 0 aliphatic rings. The molecule has 0 N–H and O–H groups in total. The van der Waals surface area contributed by atoms with Crippen LogP contribution in [0.5, 0.6) is 5.75 Å². The summed E-state index contributed by atoms with van der Waals surface area (Å²) < 4.78 is 11.6. The van der Waals surface area contributed by atoms with Crippen LogP contribution in [0.3, 0.4) is 0 Å². The lowest BCUT2D eigenvalue weighted by molar-refractivity contribution is 0.0332. The highest BCUT2D eigenvalue weighted by Crippen LogP contribution is 2.18. The van der Waals surface area contributed by atoms with E-state index in [4.69, 9.17) is 9.47 Å². The minimum atomic E-state index is -0.596. The summed E-state index contributed by atoms with van der Waals surface area (Å²) in [5.41, 5.74) is 0.416. The first kappa shape index (κ1) is 15.7. The van der Waals surface area contributed by atoms with Crippen LogP contribution in [0, 0.1) is 0 Å². The SMILES string of the molecule is CCOc1ccccc1C(=O)OCn1nnc2ccccc2c1=O. The maximum absolute atomic E-state index is 12.3. The number of aromatic nitrogens is 3. The molecule has 0 aliphatic heterocycles. The minimum absolute atomic E-state index is 0.293. The molecule has 1 heterocycles. The van der Waals surface area contributed by atoms with Crippen LogP contribution in [-0.4, -0.2) is 27.6 Å². The van der Waals surface area contributed by atoms with Crippen LogP contribution in [0.25, 0.3) is 10.9 Å².